The molecule has 2 nitrogen and oxygen atoms in total. The highest BCUT2D eigenvalue weighted by Gasteiger charge is 2.16. The summed E-state index contributed by atoms with van der Waals surface area (Å²) in [4.78, 5) is 3.85. The number of hydrogen-bond acceptors (Lipinski definition) is 3. The van der Waals surface area contributed by atoms with E-state index in [1.165, 1.54) is 28.7 Å². The number of thiophene rings is 1. The second-order valence-electron chi connectivity index (χ2n) is 4.44. The fourth-order valence-corrected chi connectivity index (χ4v) is 3.67. The lowest BCUT2D eigenvalue weighted by atomic mass is 10.00. The van der Waals surface area contributed by atoms with E-state index in [-0.39, 0.29) is 0 Å². The van der Waals surface area contributed by atoms with Crippen molar-refractivity contribution in [2.24, 2.45) is 5.92 Å². The van der Waals surface area contributed by atoms with Crippen molar-refractivity contribution in [3.63, 3.8) is 0 Å². The summed E-state index contributed by atoms with van der Waals surface area (Å²) >= 11 is 5.41. The van der Waals surface area contributed by atoms with Crippen LogP contribution < -0.4 is 0 Å². The monoisotopic (exact) mass is 303 g/mol. The first-order valence-corrected chi connectivity index (χ1v) is 7.41. The Balaban J connectivity index is 1.79. The third-order valence-corrected chi connectivity index (χ3v) is 4.93. The molecule has 4 heteroatoms. The Morgan fingerprint density at radius 2 is 2.25 bits per heavy atom. The molecule has 2 heterocycles. The van der Waals surface area contributed by atoms with Gasteiger partial charge >= 0.3 is 0 Å². The lowest BCUT2D eigenvalue weighted by molar-refractivity contribution is 0.0550. The molecule has 0 aliphatic carbocycles. The summed E-state index contributed by atoms with van der Waals surface area (Å²) in [5.41, 5.74) is 0. The molecule has 1 saturated heterocycles. The Bertz CT molecular complexity index is 323. The molecule has 0 N–H and O–H groups in total. The standard InChI is InChI=1S/C12H18BrNOS/c1-14(8-10-2-5-15-6-3-10)9-12-11(13)4-7-16-12/h4,7,10H,2-3,5-6,8-9H2,1H3. The first-order chi connectivity index (χ1) is 7.75. The minimum Gasteiger partial charge on any atom is -0.381 e. The normalized spacial score (nSPS) is 18.2. The summed E-state index contributed by atoms with van der Waals surface area (Å²) in [5.74, 6) is 0.817. The molecular formula is C12H18BrNOS. The van der Waals surface area contributed by atoms with Gasteiger partial charge in [0.25, 0.3) is 0 Å². The molecule has 0 bridgehead atoms. The topological polar surface area (TPSA) is 12.5 Å². The van der Waals surface area contributed by atoms with Gasteiger partial charge in [0.1, 0.15) is 0 Å². The van der Waals surface area contributed by atoms with E-state index in [4.69, 9.17) is 4.74 Å². The molecule has 1 aromatic heterocycles. The van der Waals surface area contributed by atoms with Gasteiger partial charge in [-0.25, -0.2) is 0 Å². The van der Waals surface area contributed by atoms with Gasteiger partial charge in [0, 0.05) is 35.7 Å². The summed E-state index contributed by atoms with van der Waals surface area (Å²) in [5, 5.41) is 2.14. The van der Waals surface area contributed by atoms with Gasteiger partial charge in [0.2, 0.25) is 0 Å². The van der Waals surface area contributed by atoms with Crippen LogP contribution in [0.1, 0.15) is 17.7 Å². The number of rotatable bonds is 4. The van der Waals surface area contributed by atoms with E-state index >= 15 is 0 Å². The van der Waals surface area contributed by atoms with Gasteiger partial charge in [-0.05, 0) is 53.2 Å². The predicted molar refractivity (Wildman–Crippen MR) is 71.9 cm³/mol. The molecule has 1 fully saturated rings. The third kappa shape index (κ3) is 3.55. The molecule has 0 radical (unpaired) electrons. The zero-order valence-corrected chi connectivity index (χ0v) is 12.0. The van der Waals surface area contributed by atoms with Crippen molar-refractivity contribution in [2.45, 2.75) is 19.4 Å². The fraction of sp³-hybridized carbons (Fsp3) is 0.667. The lowest BCUT2D eigenvalue weighted by Gasteiger charge is -2.26. The van der Waals surface area contributed by atoms with Crippen LogP contribution in [0.3, 0.4) is 0 Å². The van der Waals surface area contributed by atoms with E-state index in [2.05, 4.69) is 39.3 Å². The molecule has 0 amide bonds. The van der Waals surface area contributed by atoms with Gasteiger partial charge < -0.3 is 9.64 Å². The van der Waals surface area contributed by atoms with Gasteiger partial charge in [-0.2, -0.15) is 0 Å². The first-order valence-electron chi connectivity index (χ1n) is 5.74. The highest BCUT2D eigenvalue weighted by molar-refractivity contribution is 9.10. The first kappa shape index (κ1) is 12.6. The molecule has 16 heavy (non-hydrogen) atoms. The second-order valence-corrected chi connectivity index (χ2v) is 6.30. The van der Waals surface area contributed by atoms with E-state index in [0.717, 1.165) is 25.7 Å². The third-order valence-electron chi connectivity index (χ3n) is 3.02. The summed E-state index contributed by atoms with van der Waals surface area (Å²) in [6, 6.07) is 2.13. The van der Waals surface area contributed by atoms with Crippen molar-refractivity contribution in [1.82, 2.24) is 4.90 Å². The van der Waals surface area contributed by atoms with Crippen LogP contribution in [0.2, 0.25) is 0 Å². The quantitative estimate of drug-likeness (QED) is 0.845. The number of ether oxygens (including phenoxy) is 1. The Morgan fingerprint density at radius 1 is 1.50 bits per heavy atom. The lowest BCUT2D eigenvalue weighted by Crippen LogP contribution is -2.29. The van der Waals surface area contributed by atoms with Gasteiger partial charge in [-0.15, -0.1) is 11.3 Å². The Labute approximate surface area is 110 Å². The van der Waals surface area contributed by atoms with E-state index in [0.29, 0.717) is 0 Å². The predicted octanol–water partition coefficient (Wildman–Crippen LogP) is 3.37. The maximum absolute atomic E-state index is 5.38. The van der Waals surface area contributed by atoms with Gasteiger partial charge in [0.05, 0.1) is 0 Å². The van der Waals surface area contributed by atoms with Crippen molar-refractivity contribution in [3.05, 3.63) is 20.8 Å². The van der Waals surface area contributed by atoms with Crippen LogP contribution in [-0.4, -0.2) is 31.7 Å². The highest BCUT2D eigenvalue weighted by Crippen LogP contribution is 2.24. The molecule has 0 saturated carbocycles. The Hall–Kier alpha value is 0.1000. The fourth-order valence-electron chi connectivity index (χ4n) is 2.12. The second kappa shape index (κ2) is 6.15. The van der Waals surface area contributed by atoms with Crippen molar-refractivity contribution in [1.29, 1.82) is 0 Å². The van der Waals surface area contributed by atoms with Crippen molar-refractivity contribution in [2.75, 3.05) is 26.8 Å². The number of nitrogens with zero attached hydrogens (tertiary/aromatic N) is 1. The van der Waals surface area contributed by atoms with Gasteiger partial charge in [0.15, 0.2) is 0 Å². The maximum atomic E-state index is 5.38. The average molecular weight is 304 g/mol. The summed E-state index contributed by atoms with van der Waals surface area (Å²) in [6.45, 7) is 4.13. The number of hydrogen-bond donors (Lipinski definition) is 0. The minimum atomic E-state index is 0.817. The molecule has 1 aliphatic heterocycles. The van der Waals surface area contributed by atoms with E-state index in [9.17, 15) is 0 Å². The SMILES string of the molecule is CN(Cc1sccc1Br)CC1CCOCC1. The molecule has 0 unspecified atom stereocenters. The molecule has 0 atom stereocenters. The van der Waals surface area contributed by atoms with E-state index in [1.54, 1.807) is 0 Å². The molecule has 0 spiro atoms. The molecule has 0 aromatic carbocycles. The smallest absolute Gasteiger partial charge is 0.0469 e. The van der Waals surface area contributed by atoms with Crippen LogP contribution in [0, 0.1) is 5.92 Å². The molecule has 90 valence electrons. The van der Waals surface area contributed by atoms with Crippen molar-refractivity contribution in [3.8, 4) is 0 Å². The van der Waals surface area contributed by atoms with Gasteiger partial charge in [-0.3, -0.25) is 0 Å². The Morgan fingerprint density at radius 3 is 2.88 bits per heavy atom. The maximum Gasteiger partial charge on any atom is 0.0469 e. The molecule has 1 aromatic rings. The van der Waals surface area contributed by atoms with Crippen LogP contribution in [-0.2, 0) is 11.3 Å². The highest BCUT2D eigenvalue weighted by atomic mass is 79.9. The Kier molecular flexibility index (Phi) is 4.82. The van der Waals surface area contributed by atoms with E-state index in [1.807, 2.05) is 11.3 Å². The average Bonchev–Trinajstić information content (AvgIpc) is 2.66. The van der Waals surface area contributed by atoms with Crippen LogP contribution in [0.15, 0.2) is 15.9 Å². The zero-order valence-electron chi connectivity index (χ0n) is 9.62. The van der Waals surface area contributed by atoms with Crippen molar-refractivity contribution >= 4 is 27.3 Å². The summed E-state index contributed by atoms with van der Waals surface area (Å²) in [6.07, 6.45) is 2.44. The summed E-state index contributed by atoms with van der Waals surface area (Å²) in [7, 11) is 2.21. The van der Waals surface area contributed by atoms with Crippen LogP contribution in [0.5, 0.6) is 0 Å². The molecule has 2 rings (SSSR count). The summed E-state index contributed by atoms with van der Waals surface area (Å²) < 4.78 is 6.63. The molecule has 1 aliphatic rings. The number of halogens is 1. The van der Waals surface area contributed by atoms with E-state index < -0.39 is 0 Å². The van der Waals surface area contributed by atoms with Crippen molar-refractivity contribution < 1.29 is 4.74 Å². The van der Waals surface area contributed by atoms with Crippen LogP contribution in [0.4, 0.5) is 0 Å². The van der Waals surface area contributed by atoms with Crippen LogP contribution >= 0.6 is 27.3 Å². The minimum absolute atomic E-state index is 0.817. The zero-order chi connectivity index (χ0) is 11.4. The molecular weight excluding hydrogens is 286 g/mol. The van der Waals surface area contributed by atoms with Gasteiger partial charge in [-0.1, -0.05) is 0 Å². The largest absolute Gasteiger partial charge is 0.381 e. The van der Waals surface area contributed by atoms with Crippen LogP contribution in [0.25, 0.3) is 0 Å².